The summed E-state index contributed by atoms with van der Waals surface area (Å²) in [6.07, 6.45) is -1.63. The van der Waals surface area contributed by atoms with Crippen LogP contribution < -0.4 is 0 Å². The number of aliphatic hydroxyl groups is 2. The van der Waals surface area contributed by atoms with Crippen LogP contribution in [0.2, 0.25) is 0 Å². The topological polar surface area (TPSA) is 103 Å². The first kappa shape index (κ1) is 13.1. The molecule has 17 heavy (non-hydrogen) atoms. The van der Waals surface area contributed by atoms with Crippen LogP contribution in [0.15, 0.2) is 18.3 Å². The lowest BCUT2D eigenvalue weighted by Crippen LogP contribution is -2.23. The van der Waals surface area contributed by atoms with Gasteiger partial charge >= 0.3 is 5.97 Å². The standard InChI is InChI=1S/C11H12N2O4/c1-17-10(15)5-9(14)11(16)8-4-7(6-12)2-3-13-8/h2-4,9,11,14,16H,5H2,1H3. The Labute approximate surface area is 98.1 Å². The highest BCUT2D eigenvalue weighted by Gasteiger charge is 2.23. The molecule has 2 N–H and O–H groups in total. The third-order valence-electron chi connectivity index (χ3n) is 2.18. The van der Waals surface area contributed by atoms with Crippen molar-refractivity contribution in [2.24, 2.45) is 0 Å². The van der Waals surface area contributed by atoms with E-state index in [2.05, 4.69) is 9.72 Å². The number of hydrogen-bond donors (Lipinski definition) is 2. The molecule has 6 nitrogen and oxygen atoms in total. The minimum Gasteiger partial charge on any atom is -0.469 e. The van der Waals surface area contributed by atoms with Gasteiger partial charge in [0.1, 0.15) is 6.10 Å². The van der Waals surface area contributed by atoms with Crippen LogP contribution in [0.25, 0.3) is 0 Å². The third kappa shape index (κ3) is 3.52. The summed E-state index contributed by atoms with van der Waals surface area (Å²) in [7, 11) is 1.19. The fourth-order valence-electron chi connectivity index (χ4n) is 1.24. The number of aromatic nitrogens is 1. The van der Waals surface area contributed by atoms with Gasteiger partial charge < -0.3 is 14.9 Å². The summed E-state index contributed by atoms with van der Waals surface area (Å²) >= 11 is 0. The van der Waals surface area contributed by atoms with Gasteiger partial charge in [-0.1, -0.05) is 0 Å². The smallest absolute Gasteiger partial charge is 0.308 e. The molecule has 0 aliphatic carbocycles. The number of hydrogen-bond acceptors (Lipinski definition) is 6. The summed E-state index contributed by atoms with van der Waals surface area (Å²) in [6.45, 7) is 0. The van der Waals surface area contributed by atoms with Crippen LogP contribution in [0.1, 0.15) is 23.8 Å². The second kappa shape index (κ2) is 5.94. The van der Waals surface area contributed by atoms with Crippen LogP contribution >= 0.6 is 0 Å². The first-order valence-electron chi connectivity index (χ1n) is 4.87. The van der Waals surface area contributed by atoms with E-state index < -0.39 is 18.2 Å². The number of ether oxygens (including phenoxy) is 1. The second-order valence-electron chi connectivity index (χ2n) is 3.37. The lowest BCUT2D eigenvalue weighted by molar-refractivity contribution is -0.144. The molecule has 0 aliphatic heterocycles. The molecule has 0 bridgehead atoms. The third-order valence-corrected chi connectivity index (χ3v) is 2.18. The Balaban J connectivity index is 2.78. The molecular weight excluding hydrogens is 224 g/mol. The zero-order chi connectivity index (χ0) is 12.8. The van der Waals surface area contributed by atoms with E-state index in [0.29, 0.717) is 5.56 Å². The first-order chi connectivity index (χ1) is 8.08. The SMILES string of the molecule is COC(=O)CC(O)C(O)c1cc(C#N)ccn1. The van der Waals surface area contributed by atoms with Crippen LogP contribution in [0, 0.1) is 11.3 Å². The van der Waals surface area contributed by atoms with Gasteiger partial charge in [-0.3, -0.25) is 9.78 Å². The maximum atomic E-state index is 10.9. The van der Waals surface area contributed by atoms with E-state index in [1.165, 1.54) is 25.4 Å². The van der Waals surface area contributed by atoms with Gasteiger partial charge in [-0.15, -0.1) is 0 Å². The lowest BCUT2D eigenvalue weighted by Gasteiger charge is -2.16. The molecule has 0 aromatic carbocycles. The molecule has 2 atom stereocenters. The largest absolute Gasteiger partial charge is 0.469 e. The quantitative estimate of drug-likeness (QED) is 0.708. The van der Waals surface area contributed by atoms with Crippen molar-refractivity contribution in [3.63, 3.8) is 0 Å². The Morgan fingerprint density at radius 3 is 2.94 bits per heavy atom. The van der Waals surface area contributed by atoms with E-state index >= 15 is 0 Å². The Bertz CT molecular complexity index is 441. The van der Waals surface area contributed by atoms with Crippen molar-refractivity contribution in [1.29, 1.82) is 5.26 Å². The Morgan fingerprint density at radius 2 is 2.35 bits per heavy atom. The predicted octanol–water partition coefficient (Wildman–Crippen LogP) is -0.0893. The van der Waals surface area contributed by atoms with Crippen LogP contribution in [0.5, 0.6) is 0 Å². The van der Waals surface area contributed by atoms with Crippen LogP contribution in [0.4, 0.5) is 0 Å². The van der Waals surface area contributed by atoms with Gasteiger partial charge in [0.25, 0.3) is 0 Å². The minimum atomic E-state index is -1.33. The van der Waals surface area contributed by atoms with Gasteiger partial charge in [0.2, 0.25) is 0 Å². The zero-order valence-corrected chi connectivity index (χ0v) is 9.20. The van der Waals surface area contributed by atoms with E-state index in [1.54, 1.807) is 0 Å². The minimum absolute atomic E-state index is 0.139. The van der Waals surface area contributed by atoms with Crippen molar-refractivity contribution in [3.8, 4) is 6.07 Å². The molecule has 0 saturated carbocycles. The zero-order valence-electron chi connectivity index (χ0n) is 9.20. The van der Waals surface area contributed by atoms with E-state index in [1.807, 2.05) is 6.07 Å². The predicted molar refractivity (Wildman–Crippen MR) is 56.6 cm³/mol. The Morgan fingerprint density at radius 1 is 1.65 bits per heavy atom. The molecule has 1 aromatic rings. The molecule has 1 aromatic heterocycles. The molecule has 90 valence electrons. The van der Waals surface area contributed by atoms with Gasteiger partial charge in [-0.25, -0.2) is 0 Å². The average molecular weight is 236 g/mol. The summed E-state index contributed by atoms with van der Waals surface area (Å²) < 4.78 is 4.37. The number of nitrogens with zero attached hydrogens (tertiary/aromatic N) is 2. The summed E-state index contributed by atoms with van der Waals surface area (Å²) in [5, 5.41) is 28.0. The molecule has 0 radical (unpaired) electrons. The van der Waals surface area contributed by atoms with Gasteiger partial charge in [0, 0.05) is 6.20 Å². The number of esters is 1. The Hall–Kier alpha value is -1.97. The van der Waals surface area contributed by atoms with Crippen molar-refractivity contribution < 1.29 is 19.7 Å². The molecular formula is C11H12N2O4. The van der Waals surface area contributed by atoms with Crippen LogP contribution in [-0.4, -0.2) is 34.4 Å². The molecule has 1 heterocycles. The van der Waals surface area contributed by atoms with Gasteiger partial charge in [0.15, 0.2) is 0 Å². The van der Waals surface area contributed by atoms with E-state index in [0.717, 1.165) is 0 Å². The molecule has 0 aliphatic rings. The molecule has 0 amide bonds. The number of methoxy groups -OCH3 is 1. The molecule has 6 heteroatoms. The van der Waals surface area contributed by atoms with Gasteiger partial charge in [-0.05, 0) is 12.1 Å². The number of carbonyl (C=O) groups is 1. The lowest BCUT2D eigenvalue weighted by atomic mass is 10.1. The first-order valence-corrected chi connectivity index (χ1v) is 4.87. The fraction of sp³-hybridized carbons (Fsp3) is 0.364. The van der Waals surface area contributed by atoms with Gasteiger partial charge in [-0.2, -0.15) is 5.26 Å². The molecule has 0 spiro atoms. The van der Waals surface area contributed by atoms with Crippen LogP contribution in [0.3, 0.4) is 0 Å². The Kier molecular flexibility index (Phi) is 4.57. The summed E-state index contributed by atoms with van der Waals surface area (Å²) in [5.74, 6) is -0.631. The molecule has 1 rings (SSSR count). The highest BCUT2D eigenvalue weighted by atomic mass is 16.5. The van der Waals surface area contributed by atoms with Crippen LogP contribution in [-0.2, 0) is 9.53 Å². The monoisotopic (exact) mass is 236 g/mol. The second-order valence-corrected chi connectivity index (χ2v) is 3.37. The molecule has 2 unspecified atom stereocenters. The van der Waals surface area contributed by atoms with Crippen molar-refractivity contribution in [2.45, 2.75) is 18.6 Å². The number of pyridine rings is 1. The van der Waals surface area contributed by atoms with Crippen molar-refractivity contribution in [1.82, 2.24) is 4.98 Å². The highest BCUT2D eigenvalue weighted by Crippen LogP contribution is 2.17. The normalized spacial score (nSPS) is 13.5. The number of rotatable bonds is 4. The maximum Gasteiger partial charge on any atom is 0.308 e. The van der Waals surface area contributed by atoms with Crippen molar-refractivity contribution >= 4 is 5.97 Å². The summed E-state index contributed by atoms with van der Waals surface area (Å²) in [6, 6.07) is 4.72. The van der Waals surface area contributed by atoms with E-state index in [4.69, 9.17) is 5.26 Å². The number of carbonyl (C=O) groups excluding carboxylic acids is 1. The van der Waals surface area contributed by atoms with Crippen molar-refractivity contribution in [3.05, 3.63) is 29.6 Å². The summed E-state index contributed by atoms with van der Waals surface area (Å²) in [5.41, 5.74) is 0.458. The van der Waals surface area contributed by atoms with Gasteiger partial charge in [0.05, 0.1) is 37.0 Å². The molecule has 0 saturated heterocycles. The maximum absolute atomic E-state index is 10.9. The van der Waals surface area contributed by atoms with Crippen molar-refractivity contribution in [2.75, 3.05) is 7.11 Å². The number of nitriles is 1. The molecule has 0 fully saturated rings. The summed E-state index contributed by atoms with van der Waals surface area (Å²) in [4.78, 5) is 14.7. The number of aliphatic hydroxyl groups excluding tert-OH is 2. The van der Waals surface area contributed by atoms with E-state index in [9.17, 15) is 15.0 Å². The highest BCUT2D eigenvalue weighted by molar-refractivity contribution is 5.69. The van der Waals surface area contributed by atoms with E-state index in [-0.39, 0.29) is 12.1 Å². The fourth-order valence-corrected chi connectivity index (χ4v) is 1.24. The average Bonchev–Trinajstić information content (AvgIpc) is 2.37.